The van der Waals surface area contributed by atoms with Crippen LogP contribution in [0.1, 0.15) is 25.7 Å². The number of ether oxygens (including phenoxy) is 1. The van der Waals surface area contributed by atoms with Crippen LogP contribution in [-0.2, 0) is 4.74 Å². The number of urea groups is 1. The molecule has 0 spiro atoms. The highest BCUT2D eigenvalue weighted by molar-refractivity contribution is 5.74. The number of amides is 2. The van der Waals surface area contributed by atoms with Crippen molar-refractivity contribution in [3.63, 3.8) is 0 Å². The molecular weight excluding hydrogens is 208 g/mol. The molecule has 1 aliphatic heterocycles. The third-order valence-corrected chi connectivity index (χ3v) is 2.76. The topological polar surface area (TPSA) is 61.8 Å². The standard InChI is InChI=1S/C11H22N2O3/c1-13(6-3-2-4-7-14)11(15)12-10-5-8-16-9-10/h10,14H,2-9H2,1H3,(H,12,15). The van der Waals surface area contributed by atoms with Gasteiger partial charge in [-0.05, 0) is 25.7 Å². The fourth-order valence-electron chi connectivity index (χ4n) is 1.67. The number of carbonyl (C=O) groups is 1. The molecule has 16 heavy (non-hydrogen) atoms. The van der Waals surface area contributed by atoms with Crippen LogP contribution in [0.3, 0.4) is 0 Å². The van der Waals surface area contributed by atoms with E-state index >= 15 is 0 Å². The normalized spacial score (nSPS) is 19.8. The Morgan fingerprint density at radius 3 is 2.94 bits per heavy atom. The Morgan fingerprint density at radius 2 is 2.31 bits per heavy atom. The van der Waals surface area contributed by atoms with E-state index in [0.29, 0.717) is 6.61 Å². The van der Waals surface area contributed by atoms with Crippen LogP contribution in [-0.4, -0.2) is 55.5 Å². The predicted octanol–water partition coefficient (Wildman–Crippen LogP) is 0.579. The van der Waals surface area contributed by atoms with Gasteiger partial charge in [-0.15, -0.1) is 0 Å². The van der Waals surface area contributed by atoms with E-state index in [1.54, 1.807) is 11.9 Å². The molecule has 0 aromatic carbocycles. The summed E-state index contributed by atoms with van der Waals surface area (Å²) in [5, 5.41) is 11.6. The number of nitrogens with one attached hydrogen (secondary N) is 1. The zero-order chi connectivity index (χ0) is 11.8. The van der Waals surface area contributed by atoms with E-state index in [1.807, 2.05) is 0 Å². The minimum Gasteiger partial charge on any atom is -0.396 e. The first-order valence-corrected chi connectivity index (χ1v) is 5.94. The van der Waals surface area contributed by atoms with Crippen LogP contribution in [0.5, 0.6) is 0 Å². The Labute approximate surface area is 96.8 Å². The number of nitrogens with zero attached hydrogens (tertiary/aromatic N) is 1. The lowest BCUT2D eigenvalue weighted by molar-refractivity contribution is 0.181. The molecule has 1 rings (SSSR count). The molecule has 1 unspecified atom stereocenters. The molecule has 1 atom stereocenters. The van der Waals surface area contributed by atoms with Crippen molar-refractivity contribution in [1.29, 1.82) is 0 Å². The lowest BCUT2D eigenvalue weighted by atomic mass is 10.2. The average Bonchev–Trinajstić information content (AvgIpc) is 2.76. The van der Waals surface area contributed by atoms with Crippen LogP contribution in [0, 0.1) is 0 Å². The molecule has 0 aliphatic carbocycles. The second kappa shape index (κ2) is 7.46. The second-order valence-corrected chi connectivity index (χ2v) is 4.22. The van der Waals surface area contributed by atoms with Gasteiger partial charge < -0.3 is 20.1 Å². The smallest absolute Gasteiger partial charge is 0.317 e. The molecule has 1 aliphatic rings. The van der Waals surface area contributed by atoms with Crippen LogP contribution >= 0.6 is 0 Å². The quantitative estimate of drug-likeness (QED) is 0.656. The lowest BCUT2D eigenvalue weighted by Crippen LogP contribution is -2.43. The highest BCUT2D eigenvalue weighted by atomic mass is 16.5. The van der Waals surface area contributed by atoms with Crippen molar-refractivity contribution in [2.24, 2.45) is 0 Å². The molecule has 5 heteroatoms. The summed E-state index contributed by atoms with van der Waals surface area (Å²) in [6, 6.07) is 0.145. The summed E-state index contributed by atoms with van der Waals surface area (Å²) in [7, 11) is 1.80. The minimum atomic E-state index is -0.0282. The highest BCUT2D eigenvalue weighted by Gasteiger charge is 2.19. The number of aliphatic hydroxyl groups is 1. The van der Waals surface area contributed by atoms with Crippen molar-refractivity contribution in [3.05, 3.63) is 0 Å². The van der Waals surface area contributed by atoms with E-state index in [0.717, 1.165) is 38.8 Å². The zero-order valence-corrected chi connectivity index (χ0v) is 9.95. The molecule has 0 radical (unpaired) electrons. The van der Waals surface area contributed by atoms with Gasteiger partial charge in [0.2, 0.25) is 0 Å². The monoisotopic (exact) mass is 230 g/mol. The van der Waals surface area contributed by atoms with Gasteiger partial charge >= 0.3 is 6.03 Å². The SMILES string of the molecule is CN(CCCCCO)C(=O)NC1CCOC1. The van der Waals surface area contributed by atoms with Gasteiger partial charge in [-0.2, -0.15) is 0 Å². The summed E-state index contributed by atoms with van der Waals surface area (Å²) < 4.78 is 5.19. The van der Waals surface area contributed by atoms with E-state index in [9.17, 15) is 4.79 Å². The Kier molecular flexibility index (Phi) is 6.18. The van der Waals surface area contributed by atoms with Crippen molar-refractivity contribution >= 4 is 6.03 Å². The maximum absolute atomic E-state index is 11.7. The van der Waals surface area contributed by atoms with Crippen molar-refractivity contribution in [2.45, 2.75) is 31.7 Å². The van der Waals surface area contributed by atoms with E-state index in [-0.39, 0.29) is 18.7 Å². The number of hydrogen-bond acceptors (Lipinski definition) is 3. The molecule has 0 aromatic rings. The molecule has 1 heterocycles. The van der Waals surface area contributed by atoms with Crippen LogP contribution in [0.15, 0.2) is 0 Å². The summed E-state index contributed by atoms with van der Waals surface area (Å²) >= 11 is 0. The number of rotatable bonds is 6. The van der Waals surface area contributed by atoms with Gasteiger partial charge in [0.15, 0.2) is 0 Å². The molecule has 0 aromatic heterocycles. The van der Waals surface area contributed by atoms with Crippen molar-refractivity contribution in [3.8, 4) is 0 Å². The molecule has 94 valence electrons. The molecule has 2 amide bonds. The summed E-state index contributed by atoms with van der Waals surface area (Å²) in [5.74, 6) is 0. The molecule has 1 fully saturated rings. The van der Waals surface area contributed by atoms with E-state index in [2.05, 4.69) is 5.32 Å². The van der Waals surface area contributed by atoms with Gasteiger partial charge in [-0.25, -0.2) is 4.79 Å². The van der Waals surface area contributed by atoms with Gasteiger partial charge in [0.25, 0.3) is 0 Å². The largest absolute Gasteiger partial charge is 0.396 e. The van der Waals surface area contributed by atoms with E-state index < -0.39 is 0 Å². The summed E-state index contributed by atoms with van der Waals surface area (Å²) in [6.07, 6.45) is 3.61. The van der Waals surface area contributed by atoms with E-state index in [4.69, 9.17) is 9.84 Å². The van der Waals surface area contributed by atoms with Crippen molar-refractivity contribution in [1.82, 2.24) is 10.2 Å². The van der Waals surface area contributed by atoms with Crippen molar-refractivity contribution in [2.75, 3.05) is 33.4 Å². The van der Waals surface area contributed by atoms with Crippen molar-refractivity contribution < 1.29 is 14.6 Å². The molecule has 1 saturated heterocycles. The first-order valence-electron chi connectivity index (χ1n) is 5.94. The molecule has 2 N–H and O–H groups in total. The second-order valence-electron chi connectivity index (χ2n) is 4.22. The molecular formula is C11H22N2O3. The van der Waals surface area contributed by atoms with E-state index in [1.165, 1.54) is 0 Å². The Morgan fingerprint density at radius 1 is 1.50 bits per heavy atom. The third kappa shape index (κ3) is 4.81. The van der Waals surface area contributed by atoms with Gasteiger partial charge in [0.05, 0.1) is 12.6 Å². The molecule has 5 nitrogen and oxygen atoms in total. The first kappa shape index (κ1) is 13.3. The Bertz CT molecular complexity index is 205. The Balaban J connectivity index is 2.09. The third-order valence-electron chi connectivity index (χ3n) is 2.76. The molecule has 0 saturated carbocycles. The fraction of sp³-hybridized carbons (Fsp3) is 0.909. The summed E-state index contributed by atoms with van der Waals surface area (Å²) in [5.41, 5.74) is 0. The lowest BCUT2D eigenvalue weighted by Gasteiger charge is -2.20. The first-order chi connectivity index (χ1) is 7.74. The maximum atomic E-state index is 11.7. The molecule has 0 bridgehead atoms. The van der Waals surface area contributed by atoms with Crippen LogP contribution in [0.4, 0.5) is 4.79 Å². The fourth-order valence-corrected chi connectivity index (χ4v) is 1.67. The van der Waals surface area contributed by atoms with Crippen LogP contribution in [0.25, 0.3) is 0 Å². The summed E-state index contributed by atoms with van der Waals surface area (Å²) in [4.78, 5) is 13.4. The van der Waals surface area contributed by atoms with Gasteiger partial charge in [-0.1, -0.05) is 0 Å². The van der Waals surface area contributed by atoms with Gasteiger partial charge in [-0.3, -0.25) is 0 Å². The number of carbonyl (C=O) groups excluding carboxylic acids is 1. The van der Waals surface area contributed by atoms with Crippen LogP contribution < -0.4 is 5.32 Å². The number of hydrogen-bond donors (Lipinski definition) is 2. The highest BCUT2D eigenvalue weighted by Crippen LogP contribution is 2.04. The predicted molar refractivity (Wildman–Crippen MR) is 61.3 cm³/mol. The van der Waals surface area contributed by atoms with Crippen LogP contribution in [0.2, 0.25) is 0 Å². The maximum Gasteiger partial charge on any atom is 0.317 e. The number of aliphatic hydroxyl groups excluding tert-OH is 1. The Hall–Kier alpha value is -0.810. The minimum absolute atomic E-state index is 0.0282. The average molecular weight is 230 g/mol. The zero-order valence-electron chi connectivity index (χ0n) is 9.95. The summed E-state index contributed by atoms with van der Waals surface area (Å²) in [6.45, 7) is 2.34. The number of unbranched alkanes of at least 4 members (excludes halogenated alkanes) is 2. The van der Waals surface area contributed by atoms with Gasteiger partial charge in [0, 0.05) is 26.8 Å². The van der Waals surface area contributed by atoms with Gasteiger partial charge in [0.1, 0.15) is 0 Å².